The van der Waals surface area contributed by atoms with Gasteiger partial charge >= 0.3 is 0 Å². The Morgan fingerprint density at radius 3 is 3.00 bits per heavy atom. The SMILES string of the molecule is CC1=CC(C#N)=CC(F)C1. The van der Waals surface area contributed by atoms with Crippen LogP contribution in [0.1, 0.15) is 13.3 Å². The summed E-state index contributed by atoms with van der Waals surface area (Å²) in [5, 5.41) is 8.40. The summed E-state index contributed by atoms with van der Waals surface area (Å²) < 4.78 is 12.6. The first-order valence-corrected chi connectivity index (χ1v) is 3.15. The number of nitriles is 1. The molecule has 52 valence electrons. The molecule has 0 radical (unpaired) electrons. The van der Waals surface area contributed by atoms with Crippen molar-refractivity contribution in [1.82, 2.24) is 0 Å². The molecule has 0 aromatic carbocycles. The van der Waals surface area contributed by atoms with Crippen LogP contribution < -0.4 is 0 Å². The standard InChI is InChI=1S/C8H8FN/c1-6-2-7(5-10)4-8(9)3-6/h2,4,8H,3H2,1H3. The minimum absolute atomic E-state index is 0.436. The molecule has 1 nitrogen and oxygen atoms in total. The van der Waals surface area contributed by atoms with Gasteiger partial charge in [-0.05, 0) is 19.1 Å². The molecule has 0 amide bonds. The Hall–Kier alpha value is -1.10. The maximum Gasteiger partial charge on any atom is 0.123 e. The van der Waals surface area contributed by atoms with E-state index in [4.69, 9.17) is 5.26 Å². The monoisotopic (exact) mass is 137 g/mol. The number of nitrogens with zero attached hydrogens (tertiary/aromatic N) is 1. The maximum absolute atomic E-state index is 12.6. The van der Waals surface area contributed by atoms with E-state index >= 15 is 0 Å². The van der Waals surface area contributed by atoms with Gasteiger partial charge in [-0.2, -0.15) is 5.26 Å². The summed E-state index contributed by atoms with van der Waals surface area (Å²) in [5.41, 5.74) is 1.38. The molecule has 0 N–H and O–H groups in total. The summed E-state index contributed by atoms with van der Waals surface area (Å²) in [6.45, 7) is 1.83. The Morgan fingerprint density at radius 2 is 2.50 bits per heavy atom. The quantitative estimate of drug-likeness (QED) is 0.501. The van der Waals surface area contributed by atoms with E-state index in [0.29, 0.717) is 12.0 Å². The van der Waals surface area contributed by atoms with Crippen LogP contribution in [0.2, 0.25) is 0 Å². The molecule has 1 aliphatic carbocycles. The topological polar surface area (TPSA) is 23.8 Å². The Labute approximate surface area is 59.5 Å². The minimum atomic E-state index is -0.959. The highest BCUT2D eigenvalue weighted by Gasteiger charge is 2.10. The summed E-state index contributed by atoms with van der Waals surface area (Å²) in [7, 11) is 0. The molecule has 0 heterocycles. The van der Waals surface area contributed by atoms with Crippen molar-refractivity contribution in [3.05, 3.63) is 23.3 Å². The lowest BCUT2D eigenvalue weighted by Crippen LogP contribution is -2.02. The van der Waals surface area contributed by atoms with Crippen LogP contribution in [0, 0.1) is 11.3 Å². The average molecular weight is 137 g/mol. The number of alkyl halides is 1. The molecular formula is C8H8FN. The van der Waals surface area contributed by atoms with Crippen molar-refractivity contribution in [2.45, 2.75) is 19.5 Å². The van der Waals surface area contributed by atoms with Gasteiger partial charge in [0.05, 0.1) is 11.6 Å². The molecule has 0 aromatic heterocycles. The van der Waals surface area contributed by atoms with Crippen LogP contribution in [-0.2, 0) is 0 Å². The van der Waals surface area contributed by atoms with Crippen LogP contribution in [0.5, 0.6) is 0 Å². The van der Waals surface area contributed by atoms with E-state index in [1.54, 1.807) is 6.08 Å². The molecule has 0 spiro atoms. The lowest BCUT2D eigenvalue weighted by molar-refractivity contribution is 0.394. The van der Waals surface area contributed by atoms with Crippen molar-refractivity contribution in [2.24, 2.45) is 0 Å². The molecule has 0 fully saturated rings. The van der Waals surface area contributed by atoms with E-state index in [-0.39, 0.29) is 0 Å². The van der Waals surface area contributed by atoms with Gasteiger partial charge in [0, 0.05) is 6.42 Å². The second-order valence-corrected chi connectivity index (χ2v) is 2.44. The predicted octanol–water partition coefficient (Wildman–Crippen LogP) is 2.12. The zero-order valence-electron chi connectivity index (χ0n) is 5.76. The summed E-state index contributed by atoms with van der Waals surface area (Å²) in [4.78, 5) is 0. The zero-order chi connectivity index (χ0) is 7.56. The van der Waals surface area contributed by atoms with Crippen LogP contribution in [-0.4, -0.2) is 6.17 Å². The second-order valence-electron chi connectivity index (χ2n) is 2.44. The summed E-state index contributed by atoms with van der Waals surface area (Å²) in [5.74, 6) is 0. The third-order valence-corrected chi connectivity index (χ3v) is 1.41. The molecule has 0 saturated heterocycles. The lowest BCUT2D eigenvalue weighted by atomic mass is 10.0. The smallest absolute Gasteiger partial charge is 0.123 e. The fourth-order valence-electron chi connectivity index (χ4n) is 1.00. The van der Waals surface area contributed by atoms with Crippen LogP contribution >= 0.6 is 0 Å². The Balaban J connectivity index is 2.84. The lowest BCUT2D eigenvalue weighted by Gasteiger charge is -2.08. The van der Waals surface area contributed by atoms with Crippen molar-refractivity contribution < 1.29 is 4.39 Å². The van der Waals surface area contributed by atoms with Crippen LogP contribution in [0.4, 0.5) is 4.39 Å². The highest BCUT2D eigenvalue weighted by molar-refractivity contribution is 5.39. The van der Waals surface area contributed by atoms with Crippen molar-refractivity contribution in [2.75, 3.05) is 0 Å². The number of allylic oxidation sites excluding steroid dienone is 4. The van der Waals surface area contributed by atoms with E-state index in [1.807, 2.05) is 13.0 Å². The first kappa shape index (κ1) is 7.01. The molecule has 0 aliphatic heterocycles. The number of rotatable bonds is 0. The first-order chi connectivity index (χ1) is 4.72. The molecule has 0 bridgehead atoms. The molecule has 10 heavy (non-hydrogen) atoms. The zero-order valence-corrected chi connectivity index (χ0v) is 5.76. The molecule has 1 aliphatic rings. The van der Waals surface area contributed by atoms with Gasteiger partial charge in [0.2, 0.25) is 0 Å². The largest absolute Gasteiger partial charge is 0.243 e. The fourth-order valence-corrected chi connectivity index (χ4v) is 1.00. The molecular weight excluding hydrogens is 129 g/mol. The highest BCUT2D eigenvalue weighted by Crippen LogP contribution is 2.18. The maximum atomic E-state index is 12.6. The van der Waals surface area contributed by atoms with Gasteiger partial charge < -0.3 is 0 Å². The van der Waals surface area contributed by atoms with Crippen molar-refractivity contribution >= 4 is 0 Å². The van der Waals surface area contributed by atoms with E-state index in [2.05, 4.69) is 0 Å². The van der Waals surface area contributed by atoms with Crippen LogP contribution in [0.25, 0.3) is 0 Å². The van der Waals surface area contributed by atoms with Gasteiger partial charge in [0.15, 0.2) is 0 Å². The Kier molecular flexibility index (Phi) is 1.86. The number of halogens is 1. The average Bonchev–Trinajstić information content (AvgIpc) is 1.85. The predicted molar refractivity (Wildman–Crippen MR) is 37.0 cm³/mol. The minimum Gasteiger partial charge on any atom is -0.243 e. The van der Waals surface area contributed by atoms with Crippen LogP contribution in [0.15, 0.2) is 23.3 Å². The van der Waals surface area contributed by atoms with Gasteiger partial charge in [-0.3, -0.25) is 0 Å². The van der Waals surface area contributed by atoms with E-state index in [1.165, 1.54) is 6.08 Å². The third kappa shape index (κ3) is 1.44. The second kappa shape index (κ2) is 2.66. The highest BCUT2D eigenvalue weighted by atomic mass is 19.1. The van der Waals surface area contributed by atoms with Gasteiger partial charge in [-0.1, -0.05) is 5.57 Å². The Morgan fingerprint density at radius 1 is 1.80 bits per heavy atom. The van der Waals surface area contributed by atoms with E-state index in [0.717, 1.165) is 5.57 Å². The van der Waals surface area contributed by atoms with Gasteiger partial charge in [0.25, 0.3) is 0 Å². The number of hydrogen-bond donors (Lipinski definition) is 0. The van der Waals surface area contributed by atoms with Gasteiger partial charge in [0.1, 0.15) is 6.17 Å². The van der Waals surface area contributed by atoms with Gasteiger partial charge in [-0.25, -0.2) is 4.39 Å². The van der Waals surface area contributed by atoms with E-state index < -0.39 is 6.17 Å². The molecule has 1 atom stereocenters. The summed E-state index contributed by atoms with van der Waals surface area (Å²) in [6.07, 6.45) is 2.55. The van der Waals surface area contributed by atoms with Gasteiger partial charge in [-0.15, -0.1) is 0 Å². The van der Waals surface area contributed by atoms with E-state index in [9.17, 15) is 4.39 Å². The molecule has 0 aromatic rings. The normalized spacial score (nSPS) is 24.7. The third-order valence-electron chi connectivity index (χ3n) is 1.41. The molecule has 2 heteroatoms. The van der Waals surface area contributed by atoms with Crippen molar-refractivity contribution in [3.8, 4) is 6.07 Å². The Bertz CT molecular complexity index is 232. The first-order valence-electron chi connectivity index (χ1n) is 3.15. The van der Waals surface area contributed by atoms with Crippen LogP contribution in [0.3, 0.4) is 0 Å². The molecule has 1 rings (SSSR count). The molecule has 1 unspecified atom stereocenters. The van der Waals surface area contributed by atoms with Crippen molar-refractivity contribution in [3.63, 3.8) is 0 Å². The summed E-state index contributed by atoms with van der Waals surface area (Å²) in [6, 6.07) is 1.91. The number of hydrogen-bond acceptors (Lipinski definition) is 1. The van der Waals surface area contributed by atoms with Crippen molar-refractivity contribution in [1.29, 1.82) is 5.26 Å². The summed E-state index contributed by atoms with van der Waals surface area (Å²) >= 11 is 0. The fraction of sp³-hybridized carbons (Fsp3) is 0.375. The molecule has 0 saturated carbocycles.